The van der Waals surface area contributed by atoms with Crippen LogP contribution in [0, 0.1) is 0 Å². The summed E-state index contributed by atoms with van der Waals surface area (Å²) in [6.07, 6.45) is 3.03. The van der Waals surface area contributed by atoms with Gasteiger partial charge < -0.3 is 14.5 Å². The minimum Gasteiger partial charge on any atom is -0.478 e. The smallest absolute Gasteiger partial charge is 0.337 e. The maximum absolute atomic E-state index is 11.3. The average molecular weight is 339 g/mol. The summed E-state index contributed by atoms with van der Waals surface area (Å²) in [7, 11) is 0. The zero-order chi connectivity index (χ0) is 16.7. The van der Waals surface area contributed by atoms with E-state index in [1.807, 2.05) is 30.3 Å². The first-order valence-electron chi connectivity index (χ1n) is 7.19. The van der Waals surface area contributed by atoms with Crippen molar-refractivity contribution in [3.05, 3.63) is 65.4 Å². The number of carboxylic acids is 1. The molecule has 6 heteroatoms. The molecule has 0 amide bonds. The third-order valence-corrected chi connectivity index (χ3v) is 4.10. The molecule has 2 heterocycles. The second-order valence-corrected chi connectivity index (χ2v) is 5.69. The zero-order valence-corrected chi connectivity index (χ0v) is 13.0. The molecule has 2 aromatic heterocycles. The molecular weight excluding hydrogens is 328 g/mol. The minimum atomic E-state index is -1.00. The Morgan fingerprint density at radius 3 is 2.75 bits per heavy atom. The van der Waals surface area contributed by atoms with E-state index in [0.717, 1.165) is 5.56 Å². The zero-order valence-electron chi connectivity index (χ0n) is 12.3. The van der Waals surface area contributed by atoms with Gasteiger partial charge >= 0.3 is 5.97 Å². The number of carboxylic acid groups (broad SMARTS) is 1. The van der Waals surface area contributed by atoms with Gasteiger partial charge in [-0.2, -0.15) is 0 Å². The number of hydrogen-bond donors (Lipinski definition) is 2. The number of aromatic carboxylic acids is 1. The van der Waals surface area contributed by atoms with E-state index in [1.165, 1.54) is 6.20 Å². The second kappa shape index (κ2) is 5.54. The van der Waals surface area contributed by atoms with E-state index in [1.54, 1.807) is 18.3 Å². The van der Waals surface area contributed by atoms with E-state index in [2.05, 4.69) is 9.97 Å². The van der Waals surface area contributed by atoms with Crippen LogP contribution in [-0.2, 0) is 0 Å². The lowest BCUT2D eigenvalue weighted by atomic mass is 10.1. The lowest BCUT2D eigenvalue weighted by molar-refractivity contribution is 0.0699. The summed E-state index contributed by atoms with van der Waals surface area (Å²) in [5.74, 6) is -0.0374. The van der Waals surface area contributed by atoms with Gasteiger partial charge in [-0.25, -0.2) is 9.78 Å². The van der Waals surface area contributed by atoms with Gasteiger partial charge in [-0.3, -0.25) is 0 Å². The Morgan fingerprint density at radius 1 is 1.21 bits per heavy atom. The molecule has 0 bridgehead atoms. The van der Waals surface area contributed by atoms with Crippen molar-refractivity contribution in [3.63, 3.8) is 0 Å². The summed E-state index contributed by atoms with van der Waals surface area (Å²) in [5, 5.41) is 10.3. The third kappa shape index (κ3) is 2.35. The Balaban J connectivity index is 1.84. The molecule has 0 saturated heterocycles. The van der Waals surface area contributed by atoms with Crippen LogP contribution < -0.4 is 0 Å². The molecule has 0 radical (unpaired) electrons. The second-order valence-electron chi connectivity index (χ2n) is 5.28. The molecule has 0 aliphatic heterocycles. The summed E-state index contributed by atoms with van der Waals surface area (Å²) in [5.41, 5.74) is 2.30. The molecule has 0 fully saturated rings. The first-order valence-corrected chi connectivity index (χ1v) is 7.57. The summed E-state index contributed by atoms with van der Waals surface area (Å²) in [4.78, 5) is 18.5. The molecule has 0 unspecified atom stereocenters. The number of aromatic nitrogens is 2. The van der Waals surface area contributed by atoms with E-state index >= 15 is 0 Å². The van der Waals surface area contributed by atoms with Crippen LogP contribution in [-0.4, -0.2) is 21.0 Å². The van der Waals surface area contributed by atoms with Crippen molar-refractivity contribution in [1.82, 2.24) is 9.97 Å². The van der Waals surface area contributed by atoms with Crippen LogP contribution in [0.3, 0.4) is 0 Å². The van der Waals surface area contributed by atoms with Gasteiger partial charge in [0, 0.05) is 28.2 Å². The normalized spacial score (nSPS) is 11.0. The van der Waals surface area contributed by atoms with Gasteiger partial charge in [-0.15, -0.1) is 0 Å². The first-order chi connectivity index (χ1) is 11.6. The Labute approximate surface area is 141 Å². The van der Waals surface area contributed by atoms with E-state index in [-0.39, 0.29) is 5.56 Å². The highest BCUT2D eigenvalue weighted by Gasteiger charge is 2.16. The number of rotatable bonds is 3. The van der Waals surface area contributed by atoms with Crippen molar-refractivity contribution in [2.24, 2.45) is 0 Å². The summed E-state index contributed by atoms with van der Waals surface area (Å²) >= 11 is 6.33. The predicted molar refractivity (Wildman–Crippen MR) is 91.2 cm³/mol. The van der Waals surface area contributed by atoms with Crippen LogP contribution >= 0.6 is 11.6 Å². The van der Waals surface area contributed by atoms with Crippen molar-refractivity contribution < 1.29 is 14.3 Å². The van der Waals surface area contributed by atoms with Crippen LogP contribution in [0.1, 0.15) is 10.4 Å². The highest BCUT2D eigenvalue weighted by atomic mass is 35.5. The van der Waals surface area contributed by atoms with Crippen molar-refractivity contribution in [2.75, 3.05) is 0 Å². The lowest BCUT2D eigenvalue weighted by Gasteiger charge is -2.02. The van der Waals surface area contributed by atoms with Gasteiger partial charge in [0.25, 0.3) is 0 Å². The van der Waals surface area contributed by atoms with Crippen molar-refractivity contribution in [1.29, 1.82) is 0 Å². The minimum absolute atomic E-state index is 0.186. The number of halogens is 1. The van der Waals surface area contributed by atoms with Crippen LogP contribution in [0.25, 0.3) is 33.7 Å². The first kappa shape index (κ1) is 14.5. The molecule has 24 heavy (non-hydrogen) atoms. The Hall–Kier alpha value is -3.05. The molecule has 118 valence electrons. The van der Waals surface area contributed by atoms with E-state index < -0.39 is 5.97 Å². The van der Waals surface area contributed by atoms with Gasteiger partial charge in [-0.05, 0) is 24.3 Å². The van der Waals surface area contributed by atoms with E-state index in [9.17, 15) is 9.90 Å². The number of nitrogens with zero attached hydrogens (tertiary/aromatic N) is 1. The number of hydrogen-bond acceptors (Lipinski definition) is 3. The van der Waals surface area contributed by atoms with Gasteiger partial charge in [-0.1, -0.05) is 29.8 Å². The van der Waals surface area contributed by atoms with Crippen molar-refractivity contribution >= 4 is 28.5 Å². The van der Waals surface area contributed by atoms with Gasteiger partial charge in [0.15, 0.2) is 5.76 Å². The lowest BCUT2D eigenvalue weighted by Crippen LogP contribution is -1.93. The molecule has 4 aromatic rings. The summed E-state index contributed by atoms with van der Waals surface area (Å²) in [6, 6.07) is 12.9. The van der Waals surface area contributed by atoms with E-state index in [4.69, 9.17) is 16.0 Å². The van der Waals surface area contributed by atoms with Crippen molar-refractivity contribution in [2.45, 2.75) is 0 Å². The summed E-state index contributed by atoms with van der Waals surface area (Å²) < 4.78 is 5.81. The van der Waals surface area contributed by atoms with Crippen LogP contribution in [0.5, 0.6) is 0 Å². The molecule has 4 rings (SSSR count). The summed E-state index contributed by atoms with van der Waals surface area (Å²) in [6.45, 7) is 0. The fourth-order valence-corrected chi connectivity index (χ4v) is 2.88. The molecule has 0 aliphatic carbocycles. The van der Waals surface area contributed by atoms with Crippen LogP contribution in [0.15, 0.2) is 59.3 Å². The topological polar surface area (TPSA) is 79.1 Å². The highest BCUT2D eigenvalue weighted by Crippen LogP contribution is 2.35. The Morgan fingerprint density at radius 2 is 2.00 bits per heavy atom. The molecule has 0 atom stereocenters. The van der Waals surface area contributed by atoms with Crippen molar-refractivity contribution in [3.8, 4) is 22.8 Å². The number of nitrogens with one attached hydrogen (secondary N) is 1. The monoisotopic (exact) mass is 338 g/mol. The SMILES string of the molecule is O=C(O)c1c[nH]c2cc(Cl)c(-c3cnc(-c4ccccc4)o3)cc12. The maximum atomic E-state index is 11.3. The predicted octanol–water partition coefficient (Wildman–Crippen LogP) is 4.84. The number of H-pyrrole nitrogens is 1. The molecule has 0 saturated carbocycles. The van der Waals surface area contributed by atoms with Gasteiger partial charge in [0.2, 0.25) is 5.89 Å². The molecule has 0 spiro atoms. The molecule has 5 nitrogen and oxygen atoms in total. The molecule has 0 aliphatic rings. The average Bonchev–Trinajstić information content (AvgIpc) is 3.21. The largest absolute Gasteiger partial charge is 0.478 e. The molecular formula is C18H11ClN2O3. The molecule has 2 N–H and O–H groups in total. The number of aromatic amines is 1. The standard InChI is InChI=1S/C18H11ClN2O3/c19-14-7-15-11(13(8-20-15)18(22)23)6-12(14)16-9-21-17(24-16)10-4-2-1-3-5-10/h1-9,20H,(H,22,23). The van der Waals surface area contributed by atoms with Gasteiger partial charge in [0.05, 0.1) is 16.8 Å². The molecule has 2 aromatic carbocycles. The quantitative estimate of drug-likeness (QED) is 0.560. The number of fused-ring (bicyclic) bond motifs is 1. The maximum Gasteiger partial charge on any atom is 0.337 e. The van der Waals surface area contributed by atoms with E-state index in [0.29, 0.717) is 33.1 Å². The number of carbonyl (C=O) groups is 1. The fourth-order valence-electron chi connectivity index (χ4n) is 2.62. The highest BCUT2D eigenvalue weighted by molar-refractivity contribution is 6.34. The van der Waals surface area contributed by atoms with Crippen LogP contribution in [0.2, 0.25) is 5.02 Å². The fraction of sp³-hybridized carbons (Fsp3) is 0. The Kier molecular flexibility index (Phi) is 3.36. The van der Waals surface area contributed by atoms with Gasteiger partial charge in [0.1, 0.15) is 0 Å². The number of benzene rings is 2. The third-order valence-electron chi connectivity index (χ3n) is 3.79. The number of oxazole rings is 1. The Bertz CT molecular complexity index is 1050. The van der Waals surface area contributed by atoms with Crippen LogP contribution in [0.4, 0.5) is 0 Å².